The molecule has 3 aromatic rings. The van der Waals surface area contributed by atoms with E-state index in [4.69, 9.17) is 4.74 Å². The minimum atomic E-state index is -0.747. The van der Waals surface area contributed by atoms with Crippen LogP contribution in [0, 0.1) is 12.8 Å². The highest BCUT2D eigenvalue weighted by Gasteiger charge is 2.32. The molecule has 4 rings (SSSR count). The summed E-state index contributed by atoms with van der Waals surface area (Å²) in [5.41, 5.74) is 4.51. The van der Waals surface area contributed by atoms with Crippen molar-refractivity contribution in [2.45, 2.75) is 65.0 Å². The Balaban J connectivity index is 1.39. The van der Waals surface area contributed by atoms with E-state index in [1.165, 1.54) is 0 Å². The molecule has 3 N–H and O–H groups in total. The van der Waals surface area contributed by atoms with Crippen LogP contribution >= 0.6 is 0 Å². The number of piperidine rings is 1. The molecule has 0 aliphatic carbocycles. The van der Waals surface area contributed by atoms with Crippen LogP contribution in [0.5, 0.6) is 5.75 Å². The van der Waals surface area contributed by atoms with Crippen molar-refractivity contribution in [1.29, 1.82) is 0 Å². The van der Waals surface area contributed by atoms with Gasteiger partial charge in [-0.3, -0.25) is 9.59 Å². The van der Waals surface area contributed by atoms with Crippen molar-refractivity contribution in [3.63, 3.8) is 0 Å². The van der Waals surface area contributed by atoms with Gasteiger partial charge < -0.3 is 25.6 Å². The highest BCUT2D eigenvalue weighted by Crippen LogP contribution is 2.32. The van der Waals surface area contributed by atoms with Crippen LogP contribution < -0.4 is 20.7 Å². The van der Waals surface area contributed by atoms with Crippen molar-refractivity contribution in [3.05, 3.63) is 95.1 Å². The Morgan fingerprint density at radius 2 is 1.60 bits per heavy atom. The minimum absolute atomic E-state index is 0.0128. The van der Waals surface area contributed by atoms with Gasteiger partial charge in [0, 0.05) is 37.7 Å². The molecule has 0 aromatic heterocycles. The van der Waals surface area contributed by atoms with Gasteiger partial charge in [0.1, 0.15) is 11.8 Å². The third-order valence-electron chi connectivity index (χ3n) is 7.98. The maximum absolute atomic E-state index is 13.8. The zero-order chi connectivity index (χ0) is 31.0. The van der Waals surface area contributed by atoms with Crippen molar-refractivity contribution in [1.82, 2.24) is 15.5 Å². The second-order valence-electron chi connectivity index (χ2n) is 12.3. The third-order valence-corrected chi connectivity index (χ3v) is 7.98. The van der Waals surface area contributed by atoms with Gasteiger partial charge in [0.25, 0.3) is 0 Å². The summed E-state index contributed by atoms with van der Waals surface area (Å²) in [4.78, 5) is 41.8. The standard InChI is InChI=1S/C35H44N4O4/c1-24-11-9-16-29(35(2,3)4)31(24)38-34(42)37-30(22-25-12-7-6-8-13-25)33(41)39-19-17-27(18-20-39)32(40)36-23-26-14-10-15-28(21-26)43-5/h6-16,21,27,30H,17-20,22-23H2,1-5H3,(H,36,40)(H2,37,38,42)/t30-/m1/s1. The minimum Gasteiger partial charge on any atom is -0.497 e. The molecule has 4 amide bonds. The molecule has 1 aliphatic heterocycles. The smallest absolute Gasteiger partial charge is 0.319 e. The molecule has 228 valence electrons. The number of rotatable bonds is 9. The number of anilines is 1. The number of benzene rings is 3. The molecule has 43 heavy (non-hydrogen) atoms. The average Bonchev–Trinajstić information content (AvgIpc) is 3.00. The lowest BCUT2D eigenvalue weighted by molar-refractivity contribution is -0.137. The van der Waals surface area contributed by atoms with Crippen molar-refractivity contribution in [3.8, 4) is 5.75 Å². The van der Waals surface area contributed by atoms with Crippen LogP contribution in [0.3, 0.4) is 0 Å². The van der Waals surface area contributed by atoms with Gasteiger partial charge in [-0.1, -0.05) is 81.4 Å². The fourth-order valence-corrected chi connectivity index (χ4v) is 5.51. The average molecular weight is 585 g/mol. The highest BCUT2D eigenvalue weighted by atomic mass is 16.5. The molecule has 0 radical (unpaired) electrons. The van der Waals surface area contributed by atoms with Crippen LogP contribution in [-0.4, -0.2) is 49.0 Å². The zero-order valence-corrected chi connectivity index (χ0v) is 25.9. The topological polar surface area (TPSA) is 99.8 Å². The Hall–Kier alpha value is -4.33. The number of para-hydroxylation sites is 1. The maximum Gasteiger partial charge on any atom is 0.319 e. The number of methoxy groups -OCH3 is 1. The zero-order valence-electron chi connectivity index (χ0n) is 25.9. The second kappa shape index (κ2) is 14.2. The number of carbonyl (C=O) groups excluding carboxylic acids is 3. The lowest BCUT2D eigenvalue weighted by Gasteiger charge is -2.34. The first kappa shape index (κ1) is 31.6. The second-order valence-corrected chi connectivity index (χ2v) is 12.3. The number of nitrogens with zero attached hydrogens (tertiary/aromatic N) is 1. The van der Waals surface area contributed by atoms with Crippen LogP contribution in [-0.2, 0) is 28.0 Å². The summed E-state index contributed by atoms with van der Waals surface area (Å²) in [6.45, 7) is 9.62. The molecule has 1 fully saturated rings. The van der Waals surface area contributed by atoms with Gasteiger partial charge in [0.2, 0.25) is 11.8 Å². The Bertz CT molecular complexity index is 1410. The van der Waals surface area contributed by atoms with Crippen molar-refractivity contribution in [2.24, 2.45) is 5.92 Å². The summed E-state index contributed by atoms with van der Waals surface area (Å²) in [5.74, 6) is 0.422. The summed E-state index contributed by atoms with van der Waals surface area (Å²) in [6, 6.07) is 22.1. The van der Waals surface area contributed by atoms with Crippen LogP contribution in [0.2, 0.25) is 0 Å². The van der Waals surface area contributed by atoms with Crippen molar-refractivity contribution in [2.75, 3.05) is 25.5 Å². The van der Waals surface area contributed by atoms with E-state index in [9.17, 15) is 14.4 Å². The number of amides is 4. The van der Waals surface area contributed by atoms with E-state index in [0.29, 0.717) is 38.9 Å². The Kier molecular flexibility index (Phi) is 10.5. The van der Waals surface area contributed by atoms with E-state index in [1.807, 2.05) is 79.7 Å². The molecular formula is C35H44N4O4. The van der Waals surface area contributed by atoms with Crippen molar-refractivity contribution < 1.29 is 19.1 Å². The number of hydrogen-bond donors (Lipinski definition) is 3. The maximum atomic E-state index is 13.8. The molecule has 1 heterocycles. The number of likely N-dealkylation sites (tertiary alicyclic amines) is 1. The predicted molar refractivity (Wildman–Crippen MR) is 170 cm³/mol. The number of aryl methyl sites for hydroxylation is 1. The normalized spacial score (nSPS) is 14.5. The van der Waals surface area contributed by atoms with Crippen LogP contribution in [0.4, 0.5) is 10.5 Å². The summed E-state index contributed by atoms with van der Waals surface area (Å²) in [5, 5.41) is 9.03. The molecule has 1 saturated heterocycles. The molecule has 0 spiro atoms. The summed E-state index contributed by atoms with van der Waals surface area (Å²) >= 11 is 0. The number of carbonyl (C=O) groups is 3. The SMILES string of the molecule is COc1cccc(CNC(=O)C2CCN(C(=O)[C@@H](Cc3ccccc3)NC(=O)Nc3c(C)cccc3C(C)(C)C)CC2)c1. The van der Waals surface area contributed by atoms with Gasteiger partial charge in [0.05, 0.1) is 7.11 Å². The fraction of sp³-hybridized carbons (Fsp3) is 0.400. The Morgan fingerprint density at radius 1 is 0.930 bits per heavy atom. The van der Waals surface area contributed by atoms with Gasteiger partial charge >= 0.3 is 6.03 Å². The monoisotopic (exact) mass is 584 g/mol. The first-order chi connectivity index (χ1) is 20.5. The third kappa shape index (κ3) is 8.60. The fourth-order valence-electron chi connectivity index (χ4n) is 5.51. The number of nitrogens with one attached hydrogen (secondary N) is 3. The number of hydrogen-bond acceptors (Lipinski definition) is 4. The molecule has 8 heteroatoms. The Labute approximate surface area is 255 Å². The molecule has 1 atom stereocenters. The number of ether oxygens (including phenoxy) is 1. The van der Waals surface area contributed by atoms with Gasteiger partial charge in [-0.15, -0.1) is 0 Å². The summed E-state index contributed by atoms with van der Waals surface area (Å²) in [7, 11) is 1.62. The first-order valence-electron chi connectivity index (χ1n) is 15.0. The highest BCUT2D eigenvalue weighted by molar-refractivity contribution is 5.95. The molecule has 0 saturated carbocycles. The van der Waals surface area contributed by atoms with Crippen molar-refractivity contribution >= 4 is 23.5 Å². The molecular weight excluding hydrogens is 540 g/mol. The quantitative estimate of drug-likeness (QED) is 0.305. The molecule has 0 bridgehead atoms. The van der Waals surface area contributed by atoms with E-state index >= 15 is 0 Å². The van der Waals surface area contributed by atoms with Gasteiger partial charge in [0.15, 0.2) is 0 Å². The largest absolute Gasteiger partial charge is 0.497 e. The lowest BCUT2D eigenvalue weighted by atomic mass is 9.84. The van der Waals surface area contributed by atoms with Crippen LogP contribution in [0.1, 0.15) is 55.9 Å². The van der Waals surface area contributed by atoms with Gasteiger partial charge in [-0.25, -0.2) is 4.79 Å². The predicted octanol–water partition coefficient (Wildman–Crippen LogP) is 5.59. The molecule has 8 nitrogen and oxygen atoms in total. The van der Waals surface area contributed by atoms with Gasteiger partial charge in [-0.2, -0.15) is 0 Å². The van der Waals surface area contributed by atoms with Crippen LogP contribution in [0.15, 0.2) is 72.8 Å². The summed E-state index contributed by atoms with van der Waals surface area (Å²) < 4.78 is 5.27. The van der Waals surface area contributed by atoms with E-state index in [0.717, 1.165) is 33.7 Å². The van der Waals surface area contributed by atoms with Crippen LogP contribution in [0.25, 0.3) is 0 Å². The molecule has 1 aliphatic rings. The van der Waals surface area contributed by atoms with E-state index in [2.05, 4.69) is 36.7 Å². The lowest BCUT2D eigenvalue weighted by Crippen LogP contribution is -2.53. The van der Waals surface area contributed by atoms with Gasteiger partial charge in [-0.05, 0) is 59.6 Å². The Morgan fingerprint density at radius 3 is 2.28 bits per heavy atom. The molecule has 0 unspecified atom stereocenters. The summed E-state index contributed by atoms with van der Waals surface area (Å²) in [6.07, 6.45) is 1.50. The molecule has 3 aromatic carbocycles. The van der Waals surface area contributed by atoms with E-state index in [-0.39, 0.29) is 23.1 Å². The first-order valence-corrected chi connectivity index (χ1v) is 15.0. The number of urea groups is 1. The van der Waals surface area contributed by atoms with E-state index in [1.54, 1.807) is 12.0 Å². The van der Waals surface area contributed by atoms with E-state index < -0.39 is 12.1 Å².